The van der Waals surface area contributed by atoms with Crippen molar-refractivity contribution in [1.29, 1.82) is 0 Å². The van der Waals surface area contributed by atoms with Crippen molar-refractivity contribution in [2.24, 2.45) is 0 Å². The lowest BCUT2D eigenvalue weighted by atomic mass is 10.0. The first kappa shape index (κ1) is 83.5. The average Bonchev–Trinajstić information content (AvgIpc) is 3.50. The first-order valence-corrected chi connectivity index (χ1v) is 39.2. The van der Waals surface area contributed by atoms with E-state index < -0.39 is 20.0 Å². The minimum Gasteiger partial charge on any atom is -0.456 e. The molecule has 85 heavy (non-hydrogen) atoms. The molecule has 504 valence electrons. The molecule has 0 radical (unpaired) electrons. The van der Waals surface area contributed by atoms with Crippen LogP contribution < -0.4 is 5.32 Å². The van der Waals surface area contributed by atoms with E-state index in [2.05, 4.69) is 44.3 Å². The maximum Gasteiger partial charge on any atom is 0.472 e. The van der Waals surface area contributed by atoms with Crippen LogP contribution in [0.5, 0.6) is 0 Å². The van der Waals surface area contributed by atoms with Gasteiger partial charge >= 0.3 is 13.8 Å². The molecule has 0 aromatic carbocycles. The Hall–Kier alpha value is -1.51. The van der Waals surface area contributed by atoms with Gasteiger partial charge in [-0.2, -0.15) is 0 Å². The van der Waals surface area contributed by atoms with Crippen LogP contribution in [0.2, 0.25) is 0 Å². The van der Waals surface area contributed by atoms with E-state index in [4.69, 9.17) is 13.8 Å². The number of esters is 1. The third-order valence-corrected chi connectivity index (χ3v) is 18.4. The van der Waals surface area contributed by atoms with Crippen LogP contribution in [0.25, 0.3) is 0 Å². The summed E-state index contributed by atoms with van der Waals surface area (Å²) in [5, 5.41) is 3.08. The standard InChI is InChI=1S/C75H147N2O7P/c1-7-10-13-16-19-22-25-28-30-32-34-36-37-38-39-41-43-45-47-50-53-56-59-62-65-68-75(79)84-73(66-63-60-57-54-51-48-27-24-21-18-15-12-9-3)72(71-83-85(80,81)82-70-69-77(4,5)6)76-74(78)67-64-61-58-55-52-49-46-44-42-40-35-33-31-29-26-23-20-17-14-11-8-2/h29,31,63,66,72-73H,7-28,30,32-62,64-65,67-71H2,1-6H3,(H-,76,78,80,81)/p+1/b31-29+,66-63+. The number of hydrogen-bond acceptors (Lipinski definition) is 6. The number of unbranched alkanes of at least 4 members (excludes halogenated alkanes) is 52. The van der Waals surface area contributed by atoms with Crippen molar-refractivity contribution >= 4 is 19.7 Å². The van der Waals surface area contributed by atoms with Crippen molar-refractivity contribution in [3.63, 3.8) is 0 Å². The highest BCUT2D eigenvalue weighted by atomic mass is 31.2. The quantitative estimate of drug-likeness (QED) is 0.0205. The highest BCUT2D eigenvalue weighted by molar-refractivity contribution is 7.47. The Morgan fingerprint density at radius 2 is 0.682 bits per heavy atom. The normalized spacial score (nSPS) is 13.5. The van der Waals surface area contributed by atoms with Crippen molar-refractivity contribution in [3.05, 3.63) is 24.3 Å². The van der Waals surface area contributed by atoms with E-state index in [1.807, 2.05) is 27.2 Å². The number of phosphoric acid groups is 1. The Kier molecular flexibility index (Phi) is 64.3. The fourth-order valence-electron chi connectivity index (χ4n) is 11.6. The summed E-state index contributed by atoms with van der Waals surface area (Å²) in [6.45, 7) is 7.09. The van der Waals surface area contributed by atoms with Crippen molar-refractivity contribution < 1.29 is 37.3 Å². The van der Waals surface area contributed by atoms with Gasteiger partial charge in [0.25, 0.3) is 0 Å². The van der Waals surface area contributed by atoms with Crippen LogP contribution in [0.4, 0.5) is 0 Å². The van der Waals surface area contributed by atoms with Gasteiger partial charge in [-0.3, -0.25) is 18.6 Å². The van der Waals surface area contributed by atoms with Crippen LogP contribution in [0.1, 0.15) is 393 Å². The summed E-state index contributed by atoms with van der Waals surface area (Å²) in [6, 6.07) is -0.845. The predicted molar refractivity (Wildman–Crippen MR) is 370 cm³/mol. The lowest BCUT2D eigenvalue weighted by Gasteiger charge is -2.27. The summed E-state index contributed by atoms with van der Waals surface area (Å²) in [5.41, 5.74) is 0. The van der Waals surface area contributed by atoms with Crippen LogP contribution in [0, 0.1) is 0 Å². The molecule has 10 heteroatoms. The number of hydrogen-bond donors (Lipinski definition) is 2. The van der Waals surface area contributed by atoms with E-state index in [0.717, 1.165) is 57.8 Å². The van der Waals surface area contributed by atoms with Crippen molar-refractivity contribution in [1.82, 2.24) is 5.32 Å². The molecule has 3 unspecified atom stereocenters. The van der Waals surface area contributed by atoms with Gasteiger partial charge in [-0.25, -0.2) is 4.57 Å². The van der Waals surface area contributed by atoms with Crippen LogP contribution >= 0.6 is 7.82 Å². The molecule has 0 fully saturated rings. The molecule has 0 saturated heterocycles. The molecular formula is C75H148N2O7P+. The van der Waals surface area contributed by atoms with E-state index in [0.29, 0.717) is 23.9 Å². The topological polar surface area (TPSA) is 111 Å². The lowest BCUT2D eigenvalue weighted by Crippen LogP contribution is -2.47. The monoisotopic (exact) mass is 1220 g/mol. The molecule has 0 bridgehead atoms. The molecule has 0 aromatic rings. The molecule has 0 heterocycles. The number of carbonyl (C=O) groups excluding carboxylic acids is 2. The number of rotatable bonds is 70. The Bertz CT molecular complexity index is 1500. The second-order valence-corrected chi connectivity index (χ2v) is 28.6. The minimum absolute atomic E-state index is 0.0443. The zero-order valence-corrected chi connectivity index (χ0v) is 58.8. The summed E-state index contributed by atoms with van der Waals surface area (Å²) in [6.07, 6.45) is 80.6. The molecule has 0 saturated carbocycles. The number of nitrogens with zero attached hydrogens (tertiary/aromatic N) is 1. The second-order valence-electron chi connectivity index (χ2n) is 27.2. The number of phosphoric ester groups is 1. The maximum absolute atomic E-state index is 13.6. The SMILES string of the molecule is CCCCCCCC/C=C/CCCCCCCCCCCCCC(=O)NC(COP(=O)(O)OCC[N+](C)(C)C)C(/C=C/CCCCCCCCCCCCC)OC(=O)CCCCCCCCCCCCCCCCCCCCCCCCCCC. The highest BCUT2D eigenvalue weighted by Gasteiger charge is 2.30. The minimum atomic E-state index is -4.45. The third kappa shape index (κ3) is 66.7. The van der Waals surface area contributed by atoms with Crippen LogP contribution in [-0.2, 0) is 27.9 Å². The van der Waals surface area contributed by atoms with Crippen LogP contribution in [0.15, 0.2) is 24.3 Å². The first-order chi connectivity index (χ1) is 41.4. The van der Waals surface area contributed by atoms with E-state index in [9.17, 15) is 19.0 Å². The number of carbonyl (C=O) groups is 2. The molecule has 0 aliphatic rings. The van der Waals surface area contributed by atoms with Gasteiger partial charge in [0, 0.05) is 12.8 Å². The van der Waals surface area contributed by atoms with Gasteiger partial charge in [0.1, 0.15) is 19.3 Å². The van der Waals surface area contributed by atoms with Gasteiger partial charge in [0.15, 0.2) is 0 Å². The number of quaternary nitrogens is 1. The Labute approximate surface area is 530 Å². The van der Waals surface area contributed by atoms with Crippen LogP contribution in [-0.4, -0.2) is 74.3 Å². The van der Waals surface area contributed by atoms with Crippen LogP contribution in [0.3, 0.4) is 0 Å². The smallest absolute Gasteiger partial charge is 0.456 e. The number of amides is 1. The summed E-state index contributed by atoms with van der Waals surface area (Å²) in [7, 11) is 1.52. The average molecular weight is 1220 g/mol. The van der Waals surface area contributed by atoms with E-state index in [1.54, 1.807) is 0 Å². The van der Waals surface area contributed by atoms with E-state index in [-0.39, 0.29) is 25.1 Å². The maximum atomic E-state index is 13.6. The van der Waals surface area contributed by atoms with Crippen molar-refractivity contribution in [2.45, 2.75) is 405 Å². The number of nitrogens with one attached hydrogen (secondary N) is 1. The van der Waals surface area contributed by atoms with Gasteiger partial charge in [-0.05, 0) is 57.4 Å². The largest absolute Gasteiger partial charge is 0.472 e. The fraction of sp³-hybridized carbons (Fsp3) is 0.920. The third-order valence-electron chi connectivity index (χ3n) is 17.4. The lowest BCUT2D eigenvalue weighted by molar-refractivity contribution is -0.870. The molecule has 9 nitrogen and oxygen atoms in total. The Balaban J connectivity index is 5.00. The molecule has 1 amide bonds. The van der Waals surface area contributed by atoms with Gasteiger partial charge in [0.05, 0.1) is 33.8 Å². The fourth-order valence-corrected chi connectivity index (χ4v) is 12.3. The molecule has 0 spiro atoms. The van der Waals surface area contributed by atoms with Gasteiger partial charge < -0.3 is 19.4 Å². The molecule has 0 aliphatic carbocycles. The van der Waals surface area contributed by atoms with Crippen molar-refractivity contribution in [3.8, 4) is 0 Å². The molecule has 0 rings (SSSR count). The molecule has 3 atom stereocenters. The summed E-state index contributed by atoms with van der Waals surface area (Å²) in [4.78, 5) is 38.0. The predicted octanol–water partition coefficient (Wildman–Crippen LogP) is 24.0. The zero-order chi connectivity index (χ0) is 62.1. The summed E-state index contributed by atoms with van der Waals surface area (Å²) < 4.78 is 30.9. The zero-order valence-electron chi connectivity index (χ0n) is 57.9. The first-order valence-electron chi connectivity index (χ1n) is 37.7. The summed E-state index contributed by atoms with van der Waals surface area (Å²) in [5.74, 6) is -0.480. The van der Waals surface area contributed by atoms with Gasteiger partial charge in [-0.15, -0.1) is 0 Å². The molecule has 0 aromatic heterocycles. The highest BCUT2D eigenvalue weighted by Crippen LogP contribution is 2.43. The number of ether oxygens (including phenoxy) is 1. The summed E-state index contributed by atoms with van der Waals surface area (Å²) >= 11 is 0. The molecular weight excluding hydrogens is 1070 g/mol. The van der Waals surface area contributed by atoms with Crippen molar-refractivity contribution in [2.75, 3.05) is 40.9 Å². The van der Waals surface area contributed by atoms with E-state index in [1.165, 1.54) is 302 Å². The molecule has 2 N–H and O–H groups in total. The Morgan fingerprint density at radius 3 is 1.00 bits per heavy atom. The molecule has 0 aliphatic heterocycles. The number of likely N-dealkylation sites (N-methyl/N-ethyl adjacent to an activating group) is 1. The van der Waals surface area contributed by atoms with E-state index >= 15 is 0 Å². The van der Waals surface area contributed by atoms with Gasteiger partial charge in [0.2, 0.25) is 5.91 Å². The Morgan fingerprint density at radius 1 is 0.400 bits per heavy atom. The number of allylic oxidation sites excluding steroid dienone is 3. The van der Waals surface area contributed by atoms with Gasteiger partial charge in [-0.1, -0.05) is 347 Å². The second kappa shape index (κ2) is 65.4.